The van der Waals surface area contributed by atoms with Crippen LogP contribution in [0.2, 0.25) is 10.0 Å². The lowest BCUT2D eigenvalue weighted by Crippen LogP contribution is -2.45. The van der Waals surface area contributed by atoms with Crippen molar-refractivity contribution in [2.75, 3.05) is 13.2 Å². The van der Waals surface area contributed by atoms with E-state index >= 15 is 0 Å². The SMILES string of the molecule is O=S(=O)(NC1CC1)[C@@H]1CCOC[C@@H]1Cc1ccc(Cl)cc1Cl. The standard InChI is InChI=1S/C15H19Cl2NO3S/c16-12-2-1-10(14(17)8-12)7-11-9-21-6-5-15(11)22(19,20)18-13-3-4-13/h1-2,8,11,13,15,18H,3-7,9H2/t11-,15+/m0/s1. The van der Waals surface area contributed by atoms with Crippen LogP contribution in [0, 0.1) is 5.92 Å². The first-order chi connectivity index (χ1) is 10.5. The van der Waals surface area contributed by atoms with Crippen LogP contribution in [0.3, 0.4) is 0 Å². The van der Waals surface area contributed by atoms with Crippen molar-refractivity contribution >= 4 is 33.2 Å². The van der Waals surface area contributed by atoms with Gasteiger partial charge in [-0.25, -0.2) is 13.1 Å². The molecule has 2 fully saturated rings. The number of nitrogens with one attached hydrogen (secondary N) is 1. The molecular weight excluding hydrogens is 345 g/mol. The lowest BCUT2D eigenvalue weighted by atomic mass is 9.93. The molecule has 1 N–H and O–H groups in total. The van der Waals surface area contributed by atoms with Crippen molar-refractivity contribution < 1.29 is 13.2 Å². The summed E-state index contributed by atoms with van der Waals surface area (Å²) in [6.45, 7) is 0.927. The van der Waals surface area contributed by atoms with E-state index in [2.05, 4.69) is 4.72 Å². The first-order valence-corrected chi connectivity index (χ1v) is 9.79. The van der Waals surface area contributed by atoms with Crippen molar-refractivity contribution in [3.05, 3.63) is 33.8 Å². The lowest BCUT2D eigenvalue weighted by molar-refractivity contribution is 0.0570. The summed E-state index contributed by atoms with van der Waals surface area (Å²) in [4.78, 5) is 0. The van der Waals surface area contributed by atoms with E-state index in [1.54, 1.807) is 12.1 Å². The second kappa shape index (κ2) is 6.65. The second-order valence-corrected chi connectivity index (χ2v) is 8.81. The van der Waals surface area contributed by atoms with Gasteiger partial charge < -0.3 is 4.74 Å². The Morgan fingerprint density at radius 2 is 2.00 bits per heavy atom. The molecule has 1 saturated heterocycles. The maximum atomic E-state index is 12.6. The van der Waals surface area contributed by atoms with Crippen LogP contribution >= 0.6 is 23.2 Å². The monoisotopic (exact) mass is 363 g/mol. The quantitative estimate of drug-likeness (QED) is 0.874. The zero-order valence-corrected chi connectivity index (χ0v) is 14.4. The Morgan fingerprint density at radius 1 is 1.23 bits per heavy atom. The first-order valence-electron chi connectivity index (χ1n) is 7.48. The number of hydrogen-bond acceptors (Lipinski definition) is 3. The first kappa shape index (κ1) is 16.5. The van der Waals surface area contributed by atoms with E-state index in [-0.39, 0.29) is 12.0 Å². The number of hydrogen-bond donors (Lipinski definition) is 1. The summed E-state index contributed by atoms with van der Waals surface area (Å²) in [5, 5.41) is 0.728. The van der Waals surface area contributed by atoms with Crippen LogP contribution in [0.15, 0.2) is 18.2 Å². The normalized spacial score (nSPS) is 26.1. The third kappa shape index (κ3) is 3.95. The summed E-state index contributed by atoms with van der Waals surface area (Å²) >= 11 is 12.1. The van der Waals surface area contributed by atoms with Gasteiger partial charge in [0.15, 0.2) is 0 Å². The molecule has 1 heterocycles. The van der Waals surface area contributed by atoms with E-state index in [1.807, 2.05) is 6.07 Å². The second-order valence-electron chi connectivity index (χ2n) is 6.04. The summed E-state index contributed by atoms with van der Waals surface area (Å²) in [5.74, 6) is -0.0938. The van der Waals surface area contributed by atoms with Crippen LogP contribution in [0.1, 0.15) is 24.8 Å². The van der Waals surface area contributed by atoms with E-state index in [0.717, 1.165) is 18.4 Å². The number of sulfonamides is 1. The molecule has 1 aliphatic heterocycles. The van der Waals surface area contributed by atoms with Crippen LogP contribution < -0.4 is 4.72 Å². The maximum absolute atomic E-state index is 12.6. The Bertz CT molecular complexity index is 646. The van der Waals surface area contributed by atoms with Crippen molar-refractivity contribution in [1.29, 1.82) is 0 Å². The summed E-state index contributed by atoms with van der Waals surface area (Å²) in [7, 11) is -3.31. The molecule has 0 spiro atoms. The van der Waals surface area contributed by atoms with E-state index in [4.69, 9.17) is 27.9 Å². The van der Waals surface area contributed by atoms with Gasteiger partial charge in [0.2, 0.25) is 10.0 Å². The highest BCUT2D eigenvalue weighted by molar-refractivity contribution is 7.90. The van der Waals surface area contributed by atoms with Gasteiger partial charge in [-0.1, -0.05) is 29.3 Å². The lowest BCUT2D eigenvalue weighted by Gasteiger charge is -2.31. The van der Waals surface area contributed by atoms with E-state index in [1.165, 1.54) is 0 Å². The molecule has 0 amide bonds. The van der Waals surface area contributed by atoms with Crippen LogP contribution in [-0.4, -0.2) is 32.9 Å². The fourth-order valence-electron chi connectivity index (χ4n) is 2.87. The van der Waals surface area contributed by atoms with Gasteiger partial charge in [0.25, 0.3) is 0 Å². The average molecular weight is 364 g/mol. The topological polar surface area (TPSA) is 55.4 Å². The van der Waals surface area contributed by atoms with Gasteiger partial charge in [-0.05, 0) is 43.4 Å². The zero-order valence-electron chi connectivity index (χ0n) is 12.1. The Balaban J connectivity index is 1.77. The Labute approximate surface area is 141 Å². The minimum Gasteiger partial charge on any atom is -0.381 e. The Kier molecular flexibility index (Phi) is 5.00. The van der Waals surface area contributed by atoms with Crippen molar-refractivity contribution in [2.24, 2.45) is 5.92 Å². The molecule has 0 bridgehead atoms. The molecule has 1 aromatic rings. The minimum absolute atomic E-state index is 0.0938. The van der Waals surface area contributed by atoms with Gasteiger partial charge in [-0.15, -0.1) is 0 Å². The van der Waals surface area contributed by atoms with Crippen molar-refractivity contribution in [3.8, 4) is 0 Å². The third-order valence-corrected chi connectivity index (χ3v) is 6.88. The molecule has 0 unspecified atom stereocenters. The molecule has 0 aromatic heterocycles. The largest absolute Gasteiger partial charge is 0.381 e. The molecule has 4 nitrogen and oxygen atoms in total. The van der Waals surface area contributed by atoms with Gasteiger partial charge in [0.1, 0.15) is 0 Å². The molecule has 1 saturated carbocycles. The highest BCUT2D eigenvalue weighted by Gasteiger charge is 2.39. The van der Waals surface area contributed by atoms with Gasteiger partial charge >= 0.3 is 0 Å². The van der Waals surface area contributed by atoms with Crippen LogP contribution in [0.25, 0.3) is 0 Å². The molecule has 2 atom stereocenters. The van der Waals surface area contributed by atoms with Gasteiger partial charge in [-0.3, -0.25) is 0 Å². The van der Waals surface area contributed by atoms with Crippen LogP contribution in [0.4, 0.5) is 0 Å². The van der Waals surface area contributed by atoms with E-state index in [0.29, 0.717) is 36.1 Å². The van der Waals surface area contributed by atoms with Gasteiger partial charge in [0, 0.05) is 28.6 Å². The smallest absolute Gasteiger partial charge is 0.215 e. The predicted molar refractivity (Wildman–Crippen MR) is 88.0 cm³/mol. The average Bonchev–Trinajstić information content (AvgIpc) is 3.26. The molecule has 7 heteroatoms. The molecule has 2 aliphatic rings. The van der Waals surface area contributed by atoms with E-state index < -0.39 is 15.3 Å². The van der Waals surface area contributed by atoms with Gasteiger partial charge in [0.05, 0.1) is 11.9 Å². The Hall–Kier alpha value is -0.330. The van der Waals surface area contributed by atoms with Crippen molar-refractivity contribution in [1.82, 2.24) is 4.72 Å². The summed E-state index contributed by atoms with van der Waals surface area (Å²) in [6.07, 6.45) is 2.98. The molecule has 0 radical (unpaired) electrons. The fraction of sp³-hybridized carbons (Fsp3) is 0.600. The maximum Gasteiger partial charge on any atom is 0.215 e. The predicted octanol–water partition coefficient (Wildman–Crippen LogP) is 3.02. The summed E-state index contributed by atoms with van der Waals surface area (Å²) in [5.41, 5.74) is 0.910. The molecule has 3 rings (SSSR count). The van der Waals surface area contributed by atoms with Crippen LogP contribution in [-0.2, 0) is 21.2 Å². The zero-order chi connectivity index (χ0) is 15.7. The molecule has 1 aromatic carbocycles. The third-order valence-electron chi connectivity index (χ3n) is 4.21. The Morgan fingerprint density at radius 3 is 2.68 bits per heavy atom. The van der Waals surface area contributed by atoms with Gasteiger partial charge in [-0.2, -0.15) is 0 Å². The highest BCUT2D eigenvalue weighted by Crippen LogP contribution is 2.30. The minimum atomic E-state index is -3.31. The number of ether oxygens (including phenoxy) is 1. The number of halogens is 2. The van der Waals surface area contributed by atoms with E-state index in [9.17, 15) is 8.42 Å². The van der Waals surface area contributed by atoms with Crippen LogP contribution in [0.5, 0.6) is 0 Å². The molecule has 1 aliphatic carbocycles. The summed E-state index contributed by atoms with van der Waals surface area (Å²) < 4.78 is 33.4. The number of benzene rings is 1. The number of rotatable bonds is 5. The highest BCUT2D eigenvalue weighted by atomic mass is 35.5. The van der Waals surface area contributed by atoms with Crippen molar-refractivity contribution in [2.45, 2.75) is 37.0 Å². The van der Waals surface area contributed by atoms with Crippen molar-refractivity contribution in [3.63, 3.8) is 0 Å². The molecule has 122 valence electrons. The molecular formula is C15H19Cl2NO3S. The molecule has 22 heavy (non-hydrogen) atoms. The fourth-order valence-corrected chi connectivity index (χ4v) is 5.32. The summed E-state index contributed by atoms with van der Waals surface area (Å²) in [6, 6.07) is 5.46.